The molecule has 4 unspecified atom stereocenters. The Hall–Kier alpha value is -2.66. The lowest BCUT2D eigenvalue weighted by molar-refractivity contribution is -0.119. The Balaban J connectivity index is 1.80. The van der Waals surface area contributed by atoms with Crippen LogP contribution in [0.1, 0.15) is 36.6 Å². The zero-order valence-corrected chi connectivity index (χ0v) is 16.0. The number of nitrogens with zero attached hydrogens (tertiary/aromatic N) is 3. The highest BCUT2D eigenvalue weighted by Crippen LogP contribution is 2.40. The first kappa shape index (κ1) is 17.7. The zero-order chi connectivity index (χ0) is 19.1. The average Bonchev–Trinajstić information content (AvgIpc) is 3.13. The van der Waals surface area contributed by atoms with E-state index in [1.807, 2.05) is 17.5 Å². The first-order valence-corrected chi connectivity index (χ1v) is 9.99. The van der Waals surface area contributed by atoms with Crippen molar-refractivity contribution in [2.24, 2.45) is 17.8 Å². The molecule has 4 atom stereocenters. The predicted molar refractivity (Wildman–Crippen MR) is 104 cm³/mol. The summed E-state index contributed by atoms with van der Waals surface area (Å²) in [7, 11) is 0. The summed E-state index contributed by atoms with van der Waals surface area (Å²) in [6.07, 6.45) is 1.15. The molecule has 8 heteroatoms. The Morgan fingerprint density at radius 1 is 1.30 bits per heavy atom. The van der Waals surface area contributed by atoms with Crippen molar-refractivity contribution in [2.45, 2.75) is 26.2 Å². The number of thiophene rings is 1. The largest absolute Gasteiger partial charge is 0.342 e. The molecule has 2 N–H and O–H groups in total. The van der Waals surface area contributed by atoms with Gasteiger partial charge in [0.05, 0.1) is 17.6 Å². The molecule has 27 heavy (non-hydrogen) atoms. The molecular weight excluding hydrogens is 362 g/mol. The fourth-order valence-corrected chi connectivity index (χ4v) is 5.13. The summed E-state index contributed by atoms with van der Waals surface area (Å²) < 4.78 is 0. The quantitative estimate of drug-likeness (QED) is 0.830. The molecule has 0 spiro atoms. The van der Waals surface area contributed by atoms with Crippen molar-refractivity contribution in [2.75, 3.05) is 23.3 Å². The fraction of sp³-hybridized carbons (Fsp3) is 0.474. The van der Waals surface area contributed by atoms with E-state index in [4.69, 9.17) is 0 Å². The molecule has 140 valence electrons. The molecule has 1 saturated heterocycles. The molecule has 2 aliphatic rings. The summed E-state index contributed by atoms with van der Waals surface area (Å²) in [5.41, 5.74) is 0.0741. The van der Waals surface area contributed by atoms with E-state index in [0.717, 1.165) is 24.4 Å². The van der Waals surface area contributed by atoms with Gasteiger partial charge in [0.15, 0.2) is 0 Å². The van der Waals surface area contributed by atoms with Gasteiger partial charge in [0.2, 0.25) is 11.9 Å². The molecule has 0 saturated carbocycles. The van der Waals surface area contributed by atoms with Gasteiger partial charge in [0.1, 0.15) is 11.7 Å². The first-order chi connectivity index (χ1) is 13.0. The summed E-state index contributed by atoms with van der Waals surface area (Å²) in [6.45, 7) is 6.00. The Morgan fingerprint density at radius 3 is 2.67 bits per heavy atom. The van der Waals surface area contributed by atoms with Crippen molar-refractivity contribution in [3.8, 4) is 6.07 Å². The van der Waals surface area contributed by atoms with Crippen LogP contribution in [0.4, 0.5) is 11.8 Å². The third-order valence-electron chi connectivity index (χ3n) is 5.27. The third-order valence-corrected chi connectivity index (χ3v) is 6.22. The molecule has 0 radical (unpaired) electrons. The van der Waals surface area contributed by atoms with Gasteiger partial charge in [0.25, 0.3) is 5.56 Å². The molecule has 7 nitrogen and oxygen atoms in total. The number of rotatable bonds is 2. The average molecular weight is 383 g/mol. The number of carbonyl (C=O) groups is 1. The molecule has 4 heterocycles. The van der Waals surface area contributed by atoms with Crippen molar-refractivity contribution in [1.29, 1.82) is 5.26 Å². The van der Waals surface area contributed by atoms with Crippen molar-refractivity contribution in [1.82, 2.24) is 9.97 Å². The molecule has 2 aliphatic heterocycles. The van der Waals surface area contributed by atoms with E-state index in [9.17, 15) is 14.9 Å². The van der Waals surface area contributed by atoms with Gasteiger partial charge in [-0.15, -0.1) is 11.3 Å². The van der Waals surface area contributed by atoms with Crippen LogP contribution in [0.15, 0.2) is 22.3 Å². The second-order valence-electron chi connectivity index (χ2n) is 7.59. The number of piperidine rings is 1. The maximum atomic E-state index is 13.0. The minimum atomic E-state index is -0.945. The molecular formula is C19H21N5O2S. The zero-order valence-electron chi connectivity index (χ0n) is 15.2. The summed E-state index contributed by atoms with van der Waals surface area (Å²) in [6, 6.07) is 5.76. The number of H-pyrrole nitrogens is 1. The number of hydrogen-bond donors (Lipinski definition) is 2. The number of aromatic amines is 1. The van der Waals surface area contributed by atoms with E-state index >= 15 is 0 Å². The maximum Gasteiger partial charge on any atom is 0.258 e. The minimum Gasteiger partial charge on any atom is -0.342 e. The van der Waals surface area contributed by atoms with Crippen molar-refractivity contribution in [3.63, 3.8) is 0 Å². The molecule has 4 rings (SSSR count). The van der Waals surface area contributed by atoms with Gasteiger partial charge in [-0.3, -0.25) is 14.6 Å². The summed E-state index contributed by atoms with van der Waals surface area (Å²) in [5, 5.41) is 14.1. The molecule has 2 aromatic rings. The first-order valence-electron chi connectivity index (χ1n) is 9.11. The topological polar surface area (TPSA) is 102 Å². The highest BCUT2D eigenvalue weighted by atomic mass is 32.1. The van der Waals surface area contributed by atoms with Gasteiger partial charge in [-0.25, -0.2) is 0 Å². The Bertz CT molecular complexity index is 951. The van der Waals surface area contributed by atoms with E-state index in [0.29, 0.717) is 23.3 Å². The van der Waals surface area contributed by atoms with Crippen molar-refractivity contribution in [3.05, 3.63) is 38.3 Å². The number of aromatic nitrogens is 2. The van der Waals surface area contributed by atoms with Crippen LogP contribution in [0.2, 0.25) is 0 Å². The summed E-state index contributed by atoms with van der Waals surface area (Å²) in [5.74, 6) is -0.179. The van der Waals surface area contributed by atoms with Crippen LogP contribution < -0.4 is 15.8 Å². The molecule has 1 fully saturated rings. The van der Waals surface area contributed by atoms with Gasteiger partial charge < -0.3 is 10.2 Å². The Labute approximate surface area is 161 Å². The highest BCUT2D eigenvalue weighted by Gasteiger charge is 2.41. The smallest absolute Gasteiger partial charge is 0.258 e. The molecule has 0 aromatic carbocycles. The molecule has 2 aromatic heterocycles. The van der Waals surface area contributed by atoms with E-state index in [1.54, 1.807) is 0 Å². The number of hydrogen-bond acceptors (Lipinski definition) is 6. The van der Waals surface area contributed by atoms with Crippen molar-refractivity contribution >= 4 is 29.0 Å². The second kappa shape index (κ2) is 6.82. The number of nitrogens with one attached hydrogen (secondary N) is 2. The minimum absolute atomic E-state index is 0.273. The van der Waals surface area contributed by atoms with Crippen molar-refractivity contribution < 1.29 is 4.79 Å². The standard InChI is InChI=1S/C19H21N5O2S/c1-10-6-11(2)9-24(8-10)19-22-16-15(18(26)23-19)14(13-4-3-5-27-13)12(7-20)17(25)21-16/h3-5,10-12,14H,6,8-9H2,1-2H3,(H2,21,22,23,25,26). The monoisotopic (exact) mass is 383 g/mol. The lowest BCUT2D eigenvalue weighted by Crippen LogP contribution is -2.42. The fourth-order valence-electron chi connectivity index (χ4n) is 4.26. The maximum absolute atomic E-state index is 13.0. The van der Waals surface area contributed by atoms with E-state index in [-0.39, 0.29) is 11.4 Å². The lowest BCUT2D eigenvalue weighted by Gasteiger charge is -2.36. The van der Waals surface area contributed by atoms with Crippen LogP contribution >= 0.6 is 11.3 Å². The SMILES string of the molecule is CC1CC(C)CN(c2nc3c(c(=O)[nH]2)C(c2cccs2)C(C#N)C(=O)N3)C1. The highest BCUT2D eigenvalue weighted by molar-refractivity contribution is 7.10. The van der Waals surface area contributed by atoms with Gasteiger partial charge in [0, 0.05) is 18.0 Å². The predicted octanol–water partition coefficient (Wildman–Crippen LogP) is 2.54. The van der Waals surface area contributed by atoms with Crippen LogP contribution in [0.25, 0.3) is 0 Å². The molecule has 0 aliphatic carbocycles. The lowest BCUT2D eigenvalue weighted by atomic mass is 9.83. The normalized spacial score (nSPS) is 27.6. The van der Waals surface area contributed by atoms with Gasteiger partial charge in [-0.05, 0) is 29.7 Å². The third kappa shape index (κ3) is 3.12. The number of nitriles is 1. The van der Waals surface area contributed by atoms with Crippen LogP contribution in [0, 0.1) is 29.1 Å². The Morgan fingerprint density at radius 2 is 2.04 bits per heavy atom. The number of anilines is 2. The van der Waals surface area contributed by atoms with Crippen LogP contribution in [-0.4, -0.2) is 29.0 Å². The van der Waals surface area contributed by atoms with E-state index in [2.05, 4.69) is 40.1 Å². The Kier molecular flexibility index (Phi) is 4.48. The van der Waals surface area contributed by atoms with E-state index < -0.39 is 17.7 Å². The van der Waals surface area contributed by atoms with Gasteiger partial charge in [-0.1, -0.05) is 19.9 Å². The number of carbonyl (C=O) groups excluding carboxylic acids is 1. The van der Waals surface area contributed by atoms with Gasteiger partial charge >= 0.3 is 0 Å². The number of amides is 1. The summed E-state index contributed by atoms with van der Waals surface area (Å²) >= 11 is 1.43. The number of fused-ring (bicyclic) bond motifs is 1. The van der Waals surface area contributed by atoms with Crippen LogP contribution in [0.5, 0.6) is 0 Å². The van der Waals surface area contributed by atoms with Crippen LogP contribution in [0.3, 0.4) is 0 Å². The molecule has 1 amide bonds. The second-order valence-corrected chi connectivity index (χ2v) is 8.57. The van der Waals surface area contributed by atoms with Crippen LogP contribution in [-0.2, 0) is 4.79 Å². The summed E-state index contributed by atoms with van der Waals surface area (Å²) in [4.78, 5) is 35.9. The molecule has 0 bridgehead atoms. The van der Waals surface area contributed by atoms with Gasteiger partial charge in [-0.2, -0.15) is 10.2 Å². The van der Waals surface area contributed by atoms with E-state index in [1.165, 1.54) is 11.3 Å².